The van der Waals surface area contributed by atoms with Gasteiger partial charge in [0.05, 0.1) is 24.7 Å². The van der Waals surface area contributed by atoms with E-state index in [0.717, 1.165) is 0 Å². The van der Waals surface area contributed by atoms with E-state index in [1.54, 1.807) is 25.1 Å². The van der Waals surface area contributed by atoms with Gasteiger partial charge in [0.2, 0.25) is 0 Å². The van der Waals surface area contributed by atoms with E-state index in [-0.39, 0.29) is 18.8 Å². The van der Waals surface area contributed by atoms with Crippen LogP contribution in [0, 0.1) is 11.3 Å². The Morgan fingerprint density at radius 1 is 1.47 bits per heavy atom. The molecule has 1 rings (SSSR count). The van der Waals surface area contributed by atoms with Crippen LogP contribution < -0.4 is 0 Å². The monoisotopic (exact) mass is 279 g/mol. The van der Waals surface area contributed by atoms with E-state index in [1.165, 1.54) is 6.92 Å². The molecule has 0 fully saturated rings. The lowest BCUT2D eigenvalue weighted by Crippen LogP contribution is -2.10. The molecule has 5 heteroatoms. The molecular formula is C14H14ClNO3. The van der Waals surface area contributed by atoms with Crippen molar-refractivity contribution in [1.82, 2.24) is 0 Å². The first-order chi connectivity index (χ1) is 9.01. The van der Waals surface area contributed by atoms with Crippen molar-refractivity contribution in [2.24, 2.45) is 0 Å². The van der Waals surface area contributed by atoms with E-state index < -0.39 is 11.3 Å². The Balaban J connectivity index is 3.18. The van der Waals surface area contributed by atoms with E-state index in [0.29, 0.717) is 16.7 Å². The Kier molecular flexibility index (Phi) is 5.53. The zero-order valence-corrected chi connectivity index (χ0v) is 11.5. The van der Waals surface area contributed by atoms with Crippen LogP contribution in [0.15, 0.2) is 18.2 Å². The van der Waals surface area contributed by atoms with E-state index in [1.807, 2.05) is 6.07 Å². The summed E-state index contributed by atoms with van der Waals surface area (Å²) in [6.07, 6.45) is 0.0590. The third kappa shape index (κ3) is 3.80. The number of nitrogens with zero attached hydrogens (tertiary/aromatic N) is 1. The fourth-order valence-electron chi connectivity index (χ4n) is 1.65. The lowest BCUT2D eigenvalue weighted by Gasteiger charge is -2.11. The molecule has 19 heavy (non-hydrogen) atoms. The van der Waals surface area contributed by atoms with E-state index in [4.69, 9.17) is 21.6 Å². The number of nitriles is 1. The first-order valence-electron chi connectivity index (χ1n) is 5.82. The van der Waals surface area contributed by atoms with Crippen molar-refractivity contribution in [3.8, 4) is 6.07 Å². The minimum absolute atomic E-state index is 0.0590. The van der Waals surface area contributed by atoms with Crippen LogP contribution in [0.5, 0.6) is 0 Å². The number of esters is 1. The van der Waals surface area contributed by atoms with Gasteiger partial charge in [0.25, 0.3) is 0 Å². The van der Waals surface area contributed by atoms with Crippen molar-refractivity contribution in [1.29, 1.82) is 5.26 Å². The molecule has 0 saturated carbocycles. The Morgan fingerprint density at radius 2 is 2.16 bits per heavy atom. The van der Waals surface area contributed by atoms with Gasteiger partial charge >= 0.3 is 5.97 Å². The van der Waals surface area contributed by atoms with E-state index in [9.17, 15) is 9.59 Å². The van der Waals surface area contributed by atoms with Crippen molar-refractivity contribution in [2.45, 2.75) is 25.6 Å². The molecular weight excluding hydrogens is 266 g/mol. The number of halogens is 1. The van der Waals surface area contributed by atoms with Crippen LogP contribution in [0.2, 0.25) is 0 Å². The molecule has 0 aliphatic heterocycles. The SMILES string of the molecule is CCOC(=O)c1ccc(C(Cl)C(C)=O)cc1CC#N. The van der Waals surface area contributed by atoms with Crippen LogP contribution in [0.1, 0.15) is 40.7 Å². The highest BCUT2D eigenvalue weighted by atomic mass is 35.5. The topological polar surface area (TPSA) is 67.2 Å². The fraction of sp³-hybridized carbons (Fsp3) is 0.357. The fourth-order valence-corrected chi connectivity index (χ4v) is 1.78. The maximum Gasteiger partial charge on any atom is 0.338 e. The second kappa shape index (κ2) is 6.91. The predicted molar refractivity (Wildman–Crippen MR) is 71.0 cm³/mol. The van der Waals surface area contributed by atoms with Gasteiger partial charge in [-0.1, -0.05) is 12.1 Å². The van der Waals surface area contributed by atoms with Gasteiger partial charge in [-0.15, -0.1) is 11.6 Å². The van der Waals surface area contributed by atoms with Crippen molar-refractivity contribution in [3.05, 3.63) is 34.9 Å². The number of carbonyl (C=O) groups excluding carboxylic acids is 2. The molecule has 100 valence electrons. The minimum Gasteiger partial charge on any atom is -0.462 e. The van der Waals surface area contributed by atoms with E-state index in [2.05, 4.69) is 0 Å². The summed E-state index contributed by atoms with van der Waals surface area (Å²) in [5.41, 5.74) is 1.43. The first-order valence-corrected chi connectivity index (χ1v) is 6.26. The van der Waals surface area contributed by atoms with Gasteiger partial charge in [0.15, 0.2) is 5.78 Å². The largest absolute Gasteiger partial charge is 0.462 e. The van der Waals surface area contributed by atoms with Gasteiger partial charge in [-0.2, -0.15) is 5.26 Å². The number of rotatable bonds is 5. The molecule has 0 aromatic heterocycles. The minimum atomic E-state index is -0.770. The third-order valence-electron chi connectivity index (χ3n) is 2.54. The number of alkyl halides is 1. The molecule has 0 aliphatic rings. The normalized spacial score (nSPS) is 11.5. The Bertz CT molecular complexity index is 534. The number of carbonyl (C=O) groups is 2. The molecule has 0 aliphatic carbocycles. The molecule has 0 amide bonds. The zero-order chi connectivity index (χ0) is 14.4. The van der Waals surface area contributed by atoms with Crippen molar-refractivity contribution >= 4 is 23.4 Å². The lowest BCUT2D eigenvalue weighted by atomic mass is 9.99. The van der Waals surface area contributed by atoms with Crippen molar-refractivity contribution < 1.29 is 14.3 Å². The molecule has 0 heterocycles. The number of hydrogen-bond acceptors (Lipinski definition) is 4. The van der Waals surface area contributed by atoms with Gasteiger partial charge in [0, 0.05) is 0 Å². The van der Waals surface area contributed by atoms with Gasteiger partial charge in [0.1, 0.15) is 5.38 Å². The number of Topliss-reactive ketones (excluding diaryl/α,β-unsaturated/α-hetero) is 1. The highest BCUT2D eigenvalue weighted by Gasteiger charge is 2.18. The van der Waals surface area contributed by atoms with Crippen LogP contribution in [0.3, 0.4) is 0 Å². The molecule has 1 aromatic rings. The maximum absolute atomic E-state index is 11.7. The Hall–Kier alpha value is -1.86. The van der Waals surface area contributed by atoms with Crippen LogP contribution in [-0.2, 0) is 16.0 Å². The molecule has 0 radical (unpaired) electrons. The highest BCUT2D eigenvalue weighted by molar-refractivity contribution is 6.30. The third-order valence-corrected chi connectivity index (χ3v) is 3.10. The average Bonchev–Trinajstić information content (AvgIpc) is 2.38. The summed E-state index contributed by atoms with van der Waals surface area (Å²) in [5, 5.41) is 8.02. The van der Waals surface area contributed by atoms with Gasteiger partial charge in [-0.3, -0.25) is 4.79 Å². The molecule has 0 bridgehead atoms. The number of ether oxygens (including phenoxy) is 1. The molecule has 1 unspecified atom stereocenters. The van der Waals surface area contributed by atoms with Crippen LogP contribution in [-0.4, -0.2) is 18.4 Å². The molecule has 0 saturated heterocycles. The second-order valence-corrected chi connectivity index (χ2v) is 4.38. The summed E-state index contributed by atoms with van der Waals surface area (Å²) in [7, 11) is 0. The number of ketones is 1. The summed E-state index contributed by atoms with van der Waals surface area (Å²) in [6.45, 7) is 3.36. The second-order valence-electron chi connectivity index (χ2n) is 3.95. The summed E-state index contributed by atoms with van der Waals surface area (Å²) in [5.74, 6) is -0.665. The zero-order valence-electron chi connectivity index (χ0n) is 10.8. The summed E-state index contributed by atoms with van der Waals surface area (Å²) >= 11 is 5.96. The van der Waals surface area contributed by atoms with Gasteiger partial charge < -0.3 is 4.74 Å². The Labute approximate surface area is 116 Å². The Morgan fingerprint density at radius 3 is 2.68 bits per heavy atom. The van der Waals surface area contributed by atoms with Crippen LogP contribution in [0.25, 0.3) is 0 Å². The van der Waals surface area contributed by atoms with Crippen LogP contribution >= 0.6 is 11.6 Å². The van der Waals surface area contributed by atoms with Crippen molar-refractivity contribution in [2.75, 3.05) is 6.61 Å². The highest BCUT2D eigenvalue weighted by Crippen LogP contribution is 2.24. The maximum atomic E-state index is 11.7. The molecule has 1 atom stereocenters. The standard InChI is InChI=1S/C14H14ClNO3/c1-3-19-14(18)12-5-4-11(13(15)9(2)17)8-10(12)6-7-16/h4-5,8,13H,3,6H2,1-2H3. The molecule has 0 spiro atoms. The average molecular weight is 280 g/mol. The number of benzene rings is 1. The van der Waals surface area contributed by atoms with E-state index >= 15 is 0 Å². The van der Waals surface area contributed by atoms with Crippen LogP contribution in [0.4, 0.5) is 0 Å². The first kappa shape index (κ1) is 15.2. The summed E-state index contributed by atoms with van der Waals surface area (Å²) in [6, 6.07) is 6.73. The number of hydrogen-bond donors (Lipinski definition) is 0. The summed E-state index contributed by atoms with van der Waals surface area (Å²) in [4.78, 5) is 23.0. The molecule has 4 nitrogen and oxygen atoms in total. The smallest absolute Gasteiger partial charge is 0.338 e. The predicted octanol–water partition coefficient (Wildman–Crippen LogP) is 2.80. The van der Waals surface area contributed by atoms with Crippen molar-refractivity contribution in [3.63, 3.8) is 0 Å². The van der Waals surface area contributed by atoms with Gasteiger partial charge in [-0.05, 0) is 31.0 Å². The lowest BCUT2D eigenvalue weighted by molar-refractivity contribution is -0.116. The molecule has 1 aromatic carbocycles. The van der Waals surface area contributed by atoms with Gasteiger partial charge in [-0.25, -0.2) is 4.79 Å². The summed E-state index contributed by atoms with van der Waals surface area (Å²) < 4.78 is 4.91. The quantitative estimate of drug-likeness (QED) is 0.614. The molecule has 0 N–H and O–H groups in total.